The molecule has 3 aliphatic rings. The number of methoxy groups -OCH3 is 1. The lowest BCUT2D eigenvalue weighted by Gasteiger charge is -2.23. The number of ether oxygens (including phenoxy) is 3. The number of amides is 2. The number of esters is 1. The van der Waals surface area contributed by atoms with Gasteiger partial charge in [0.25, 0.3) is 11.6 Å². The molecule has 5 rings (SSSR count). The number of alkyl carbamates (subject to hydrolysis) is 1. The Morgan fingerprint density at radius 2 is 2.02 bits per heavy atom. The Kier molecular flexibility index (Phi) is 8.00. The van der Waals surface area contributed by atoms with E-state index in [-0.39, 0.29) is 49.6 Å². The summed E-state index contributed by atoms with van der Waals surface area (Å²) in [5.74, 6) is -0.911. The van der Waals surface area contributed by atoms with Crippen LogP contribution in [0.1, 0.15) is 44.1 Å². The summed E-state index contributed by atoms with van der Waals surface area (Å²) in [6.07, 6.45) is 6.60. The summed E-state index contributed by atoms with van der Waals surface area (Å²) in [4.78, 5) is 57.5. The molecular weight excluding hydrogens is 518 g/mol. The molecule has 1 aromatic carbocycles. The van der Waals surface area contributed by atoms with E-state index in [1.807, 2.05) is 18.2 Å². The number of nitriles is 1. The summed E-state index contributed by atoms with van der Waals surface area (Å²) in [5.41, 5.74) is 0.335. The summed E-state index contributed by atoms with van der Waals surface area (Å²) < 4.78 is 18.1. The van der Waals surface area contributed by atoms with Gasteiger partial charge in [0.2, 0.25) is 5.91 Å². The Morgan fingerprint density at radius 3 is 2.83 bits per heavy atom. The Hall–Kier alpha value is -4.40. The van der Waals surface area contributed by atoms with Crippen molar-refractivity contribution < 1.29 is 28.6 Å². The Balaban J connectivity index is 1.50. The van der Waals surface area contributed by atoms with Gasteiger partial charge in [-0.3, -0.25) is 14.2 Å². The minimum Gasteiger partial charge on any atom is -0.467 e. The second kappa shape index (κ2) is 11.8. The zero-order valence-corrected chi connectivity index (χ0v) is 22.2. The first-order chi connectivity index (χ1) is 19.4. The molecule has 2 amide bonds. The molecule has 40 heavy (non-hydrogen) atoms. The topological polar surface area (TPSA) is 153 Å². The first-order valence-corrected chi connectivity index (χ1v) is 13.5. The number of carbonyl (C=O) groups is 3. The van der Waals surface area contributed by atoms with Crippen LogP contribution in [0.2, 0.25) is 0 Å². The molecule has 0 unspecified atom stereocenters. The van der Waals surface area contributed by atoms with Crippen LogP contribution in [-0.4, -0.2) is 70.9 Å². The molecule has 2 aromatic rings. The van der Waals surface area contributed by atoms with Gasteiger partial charge in [0.1, 0.15) is 24.8 Å². The third-order valence-corrected chi connectivity index (χ3v) is 7.77. The molecule has 1 aromatic heterocycles. The van der Waals surface area contributed by atoms with Crippen LogP contribution in [0.3, 0.4) is 0 Å². The van der Waals surface area contributed by atoms with E-state index in [4.69, 9.17) is 14.2 Å². The zero-order valence-electron chi connectivity index (χ0n) is 22.2. The van der Waals surface area contributed by atoms with Crippen molar-refractivity contribution in [2.24, 2.45) is 5.92 Å². The molecule has 2 aliphatic heterocycles. The van der Waals surface area contributed by atoms with Gasteiger partial charge >= 0.3 is 12.1 Å². The van der Waals surface area contributed by atoms with Gasteiger partial charge in [-0.05, 0) is 56.2 Å². The fourth-order valence-electron chi connectivity index (χ4n) is 5.71. The molecule has 0 radical (unpaired) electrons. The van der Waals surface area contributed by atoms with Crippen LogP contribution in [0.5, 0.6) is 6.01 Å². The molecule has 210 valence electrons. The highest BCUT2D eigenvalue weighted by Crippen LogP contribution is 2.32. The normalized spacial score (nSPS) is 26.2. The molecule has 1 saturated heterocycles. The second-order valence-corrected chi connectivity index (χ2v) is 10.3. The summed E-state index contributed by atoms with van der Waals surface area (Å²) in [5, 5.41) is 12.2. The van der Waals surface area contributed by atoms with Gasteiger partial charge < -0.3 is 24.4 Å². The number of fused-ring (bicyclic) bond motifs is 5. The summed E-state index contributed by atoms with van der Waals surface area (Å²) in [6, 6.07) is 5.80. The molecule has 4 atom stereocenters. The lowest BCUT2D eigenvalue weighted by Crippen LogP contribution is -2.46. The molecule has 1 N–H and O–H groups in total. The lowest BCUT2D eigenvalue weighted by molar-refractivity contribution is -0.150. The van der Waals surface area contributed by atoms with Crippen molar-refractivity contribution >= 4 is 28.9 Å². The highest BCUT2D eigenvalue weighted by Gasteiger charge is 2.42. The number of allylic oxidation sites excluding steroid dienone is 2. The number of hydrogen-bond donors (Lipinski definition) is 1. The third kappa shape index (κ3) is 5.64. The zero-order chi connectivity index (χ0) is 28.2. The number of nitrogens with one attached hydrogen (secondary N) is 1. The van der Waals surface area contributed by atoms with E-state index in [0.717, 1.165) is 32.1 Å². The van der Waals surface area contributed by atoms with Crippen LogP contribution in [-0.2, 0) is 25.6 Å². The Labute approximate surface area is 230 Å². The van der Waals surface area contributed by atoms with E-state index in [1.165, 1.54) is 22.6 Å². The number of benzene rings is 1. The minimum atomic E-state index is -0.938. The van der Waals surface area contributed by atoms with Crippen LogP contribution < -0.4 is 15.6 Å². The summed E-state index contributed by atoms with van der Waals surface area (Å²) in [7, 11) is 1.23. The average Bonchev–Trinajstić information content (AvgIpc) is 3.58. The molecule has 12 nitrogen and oxygen atoms in total. The predicted molar refractivity (Wildman–Crippen MR) is 141 cm³/mol. The maximum atomic E-state index is 13.5. The van der Waals surface area contributed by atoms with Gasteiger partial charge in [0.05, 0.1) is 36.2 Å². The van der Waals surface area contributed by atoms with Crippen molar-refractivity contribution in [3.8, 4) is 12.1 Å². The van der Waals surface area contributed by atoms with Crippen molar-refractivity contribution in [3.63, 3.8) is 0 Å². The van der Waals surface area contributed by atoms with Crippen molar-refractivity contribution in [1.82, 2.24) is 19.8 Å². The molecule has 3 heterocycles. The number of aromatic nitrogens is 2. The first-order valence-electron chi connectivity index (χ1n) is 13.5. The van der Waals surface area contributed by atoms with E-state index in [0.29, 0.717) is 16.5 Å². The minimum absolute atomic E-state index is 0.0159. The van der Waals surface area contributed by atoms with Crippen molar-refractivity contribution in [1.29, 1.82) is 5.26 Å². The standard InChI is InChI=1S/C28H31N5O7/c1-38-26(36)22-13-19-16-33(22)24(34)15-30-28(37)40-23-8-5-7-18(23)6-3-2-4-11-32-25(35)20-10-9-17(14-29)12-21(20)31-27(32)39-19/h2,4,9-10,12,18-19,22-23H,3,5-8,11,13,15-16H2,1H3,(H,30,37)/b4-2+/t18-,19-,22+,23-/m1/s1. The smallest absolute Gasteiger partial charge is 0.407 e. The molecule has 1 aliphatic carbocycles. The number of carbonyl (C=O) groups excluding carboxylic acids is 3. The molecular formula is C28H31N5O7. The largest absolute Gasteiger partial charge is 0.467 e. The van der Waals surface area contributed by atoms with E-state index in [1.54, 1.807) is 12.1 Å². The number of hydrogen-bond acceptors (Lipinski definition) is 9. The van der Waals surface area contributed by atoms with Gasteiger partial charge in [-0.25, -0.2) is 9.59 Å². The van der Waals surface area contributed by atoms with Crippen LogP contribution in [0, 0.1) is 17.2 Å². The van der Waals surface area contributed by atoms with Gasteiger partial charge in [-0.15, -0.1) is 0 Å². The fraction of sp³-hybridized carbons (Fsp3) is 0.500. The van der Waals surface area contributed by atoms with E-state index >= 15 is 0 Å². The van der Waals surface area contributed by atoms with Crippen molar-refractivity contribution in [2.75, 3.05) is 20.2 Å². The molecule has 2 bridgehead atoms. The van der Waals surface area contributed by atoms with Crippen molar-refractivity contribution in [3.05, 3.63) is 46.3 Å². The molecule has 1 saturated carbocycles. The summed E-state index contributed by atoms with van der Waals surface area (Å²) in [6.45, 7) is -0.142. The van der Waals surface area contributed by atoms with Gasteiger partial charge in [-0.2, -0.15) is 10.2 Å². The summed E-state index contributed by atoms with van der Waals surface area (Å²) >= 11 is 0. The Bertz CT molecular complexity index is 1450. The number of rotatable bonds is 1. The number of nitrogens with zero attached hydrogens (tertiary/aromatic N) is 4. The van der Waals surface area contributed by atoms with Gasteiger partial charge in [0.15, 0.2) is 0 Å². The van der Waals surface area contributed by atoms with Crippen LogP contribution >= 0.6 is 0 Å². The second-order valence-electron chi connectivity index (χ2n) is 10.3. The quantitative estimate of drug-likeness (QED) is 0.416. The SMILES string of the molecule is COC(=O)[C@@H]1C[C@@H]2CN1C(=O)CNC(=O)O[C@@H]1CCC[C@H]1CC/C=C/Cn1c(nc3cc(C#N)ccc3c1=O)O2. The van der Waals surface area contributed by atoms with E-state index in [2.05, 4.69) is 10.3 Å². The van der Waals surface area contributed by atoms with Gasteiger partial charge in [-0.1, -0.05) is 12.2 Å². The molecule has 2 fully saturated rings. The maximum Gasteiger partial charge on any atom is 0.407 e. The monoisotopic (exact) mass is 549 g/mol. The van der Waals surface area contributed by atoms with Gasteiger partial charge in [0, 0.05) is 13.0 Å². The van der Waals surface area contributed by atoms with Crippen LogP contribution in [0.4, 0.5) is 4.79 Å². The van der Waals surface area contributed by atoms with Crippen molar-refractivity contribution in [2.45, 2.75) is 63.3 Å². The highest BCUT2D eigenvalue weighted by molar-refractivity contribution is 5.88. The molecule has 0 spiro atoms. The van der Waals surface area contributed by atoms with Crippen LogP contribution in [0.25, 0.3) is 10.9 Å². The first kappa shape index (κ1) is 27.2. The third-order valence-electron chi connectivity index (χ3n) is 7.77. The Morgan fingerprint density at radius 1 is 1.18 bits per heavy atom. The average molecular weight is 550 g/mol. The van der Waals surface area contributed by atoms with Crippen LogP contribution in [0.15, 0.2) is 35.1 Å². The maximum absolute atomic E-state index is 13.5. The van der Waals surface area contributed by atoms with E-state index < -0.39 is 30.1 Å². The van der Waals surface area contributed by atoms with E-state index in [9.17, 15) is 24.4 Å². The molecule has 12 heteroatoms. The highest BCUT2D eigenvalue weighted by atomic mass is 16.6. The fourth-order valence-corrected chi connectivity index (χ4v) is 5.71. The lowest BCUT2D eigenvalue weighted by atomic mass is 9.99. The predicted octanol–water partition coefficient (Wildman–Crippen LogP) is 2.03.